The van der Waals surface area contributed by atoms with E-state index in [4.69, 9.17) is 4.42 Å². The van der Waals surface area contributed by atoms with Gasteiger partial charge < -0.3 is 15.1 Å². The number of carbonyl (C=O) groups is 2. The summed E-state index contributed by atoms with van der Waals surface area (Å²) in [6.45, 7) is 2.36. The summed E-state index contributed by atoms with van der Waals surface area (Å²) in [7, 11) is 0. The molecule has 2 N–H and O–H groups in total. The van der Waals surface area contributed by atoms with Crippen molar-refractivity contribution in [3.8, 4) is 0 Å². The molecule has 2 amide bonds. The predicted molar refractivity (Wildman–Crippen MR) is 111 cm³/mol. The number of rotatable bonds is 6. The van der Waals surface area contributed by atoms with Crippen LogP contribution in [0.25, 0.3) is 11.0 Å². The molecule has 0 spiro atoms. The number of benzene rings is 1. The maximum absolute atomic E-state index is 12.4. The molecule has 0 aliphatic heterocycles. The molecule has 146 valence electrons. The average Bonchev–Trinajstić information content (AvgIpc) is 3.37. The predicted octanol–water partition coefficient (Wildman–Crippen LogP) is 3.82. The van der Waals surface area contributed by atoms with Crippen molar-refractivity contribution in [1.82, 2.24) is 15.3 Å². The largest absolute Gasteiger partial charge is 0.451 e. The first-order chi connectivity index (χ1) is 14.1. The van der Waals surface area contributed by atoms with E-state index in [1.807, 2.05) is 12.3 Å². The fraction of sp³-hybridized carbons (Fsp3) is 0.143. The number of thiazole rings is 1. The lowest BCUT2D eigenvalue weighted by molar-refractivity contribution is 0.0928. The van der Waals surface area contributed by atoms with Crippen LogP contribution in [-0.4, -0.2) is 28.3 Å². The van der Waals surface area contributed by atoms with Gasteiger partial charge in [0.1, 0.15) is 5.58 Å². The number of pyridine rings is 1. The van der Waals surface area contributed by atoms with Crippen molar-refractivity contribution in [2.75, 3.05) is 11.9 Å². The Morgan fingerprint density at radius 3 is 2.83 bits per heavy atom. The highest BCUT2D eigenvalue weighted by atomic mass is 32.1. The Morgan fingerprint density at radius 1 is 1.14 bits per heavy atom. The van der Waals surface area contributed by atoms with Crippen LogP contribution in [-0.2, 0) is 6.42 Å². The Kier molecular flexibility index (Phi) is 5.35. The van der Waals surface area contributed by atoms with Gasteiger partial charge in [0.2, 0.25) is 0 Å². The first-order valence-corrected chi connectivity index (χ1v) is 9.94. The molecule has 7 nitrogen and oxygen atoms in total. The lowest BCUT2D eigenvalue weighted by Gasteiger charge is -2.05. The second-order valence-electron chi connectivity index (χ2n) is 6.55. The van der Waals surface area contributed by atoms with Crippen molar-refractivity contribution in [2.24, 2.45) is 0 Å². The number of hydrogen-bond donors (Lipinski definition) is 2. The van der Waals surface area contributed by atoms with Crippen LogP contribution < -0.4 is 10.6 Å². The maximum atomic E-state index is 12.4. The van der Waals surface area contributed by atoms with E-state index in [0.717, 1.165) is 16.6 Å². The second-order valence-corrected chi connectivity index (χ2v) is 7.27. The molecule has 3 aromatic heterocycles. The molecule has 0 bridgehead atoms. The van der Waals surface area contributed by atoms with Gasteiger partial charge in [0.05, 0.1) is 16.8 Å². The van der Waals surface area contributed by atoms with Crippen molar-refractivity contribution in [1.29, 1.82) is 0 Å². The van der Waals surface area contributed by atoms with Crippen LogP contribution in [0, 0.1) is 6.92 Å². The number of aromatic nitrogens is 2. The summed E-state index contributed by atoms with van der Waals surface area (Å²) in [6, 6.07) is 8.67. The van der Waals surface area contributed by atoms with Crippen molar-refractivity contribution in [2.45, 2.75) is 13.3 Å². The summed E-state index contributed by atoms with van der Waals surface area (Å²) in [5, 5.41) is 8.35. The van der Waals surface area contributed by atoms with Crippen LogP contribution in [0.15, 0.2) is 58.0 Å². The first kappa shape index (κ1) is 18.8. The van der Waals surface area contributed by atoms with Gasteiger partial charge >= 0.3 is 0 Å². The third-order valence-electron chi connectivity index (χ3n) is 4.29. The van der Waals surface area contributed by atoms with E-state index in [-0.39, 0.29) is 17.6 Å². The van der Waals surface area contributed by atoms with E-state index < -0.39 is 0 Å². The molecule has 8 heteroatoms. The zero-order valence-electron chi connectivity index (χ0n) is 15.6. The fourth-order valence-electron chi connectivity index (χ4n) is 2.87. The second kappa shape index (κ2) is 8.24. The van der Waals surface area contributed by atoms with E-state index in [2.05, 4.69) is 20.6 Å². The number of fused-ring (bicyclic) bond motifs is 1. The van der Waals surface area contributed by atoms with Crippen molar-refractivity contribution >= 4 is 39.8 Å². The molecule has 0 aliphatic carbocycles. The highest BCUT2D eigenvalue weighted by molar-refractivity contribution is 7.07. The third kappa shape index (κ3) is 4.49. The monoisotopic (exact) mass is 406 g/mol. The summed E-state index contributed by atoms with van der Waals surface area (Å²) in [4.78, 5) is 32.9. The summed E-state index contributed by atoms with van der Waals surface area (Å²) >= 11 is 1.53. The molecular formula is C21H18N4O3S. The Morgan fingerprint density at radius 2 is 2.03 bits per heavy atom. The number of carbonyl (C=O) groups excluding carboxylic acids is 2. The molecule has 0 atom stereocenters. The Labute approximate surface area is 170 Å². The molecule has 0 unspecified atom stereocenters. The van der Waals surface area contributed by atoms with Gasteiger partial charge in [-0.1, -0.05) is 0 Å². The number of amides is 2. The van der Waals surface area contributed by atoms with Gasteiger partial charge in [0, 0.05) is 41.8 Å². The molecule has 4 rings (SSSR count). The molecule has 0 saturated carbocycles. The van der Waals surface area contributed by atoms with Gasteiger partial charge in [0.25, 0.3) is 11.8 Å². The average molecular weight is 406 g/mol. The Bertz CT molecular complexity index is 1170. The lowest BCUT2D eigenvalue weighted by Crippen LogP contribution is -2.25. The molecule has 3 heterocycles. The number of aryl methyl sites for hydroxylation is 1. The minimum absolute atomic E-state index is 0.227. The van der Waals surface area contributed by atoms with Gasteiger partial charge in [-0.3, -0.25) is 14.6 Å². The smallest absolute Gasteiger partial charge is 0.287 e. The standard InChI is InChI=1S/C21H18N4O3S/c1-13-6-15(10-22-9-13)20(26)25-16-2-3-18-14(7-16)8-19(28-18)21(27)23-5-4-17-11-29-12-24-17/h2-3,6-12H,4-5H2,1H3,(H,23,27)(H,25,26). The SMILES string of the molecule is Cc1cncc(C(=O)Nc2ccc3oc(C(=O)NCCc4cscn4)cc3c2)c1. The van der Waals surface area contributed by atoms with Crippen LogP contribution in [0.3, 0.4) is 0 Å². The van der Waals surface area contributed by atoms with Crippen LogP contribution in [0.2, 0.25) is 0 Å². The highest BCUT2D eigenvalue weighted by Crippen LogP contribution is 2.23. The molecule has 0 aliphatic rings. The molecule has 1 aromatic carbocycles. The summed E-state index contributed by atoms with van der Waals surface area (Å²) in [5.41, 5.74) is 5.29. The first-order valence-electron chi connectivity index (χ1n) is 9.00. The van der Waals surface area contributed by atoms with Crippen molar-refractivity contribution < 1.29 is 14.0 Å². The van der Waals surface area contributed by atoms with Gasteiger partial charge in [-0.15, -0.1) is 11.3 Å². The van der Waals surface area contributed by atoms with Crippen molar-refractivity contribution in [3.05, 3.63) is 76.2 Å². The van der Waals surface area contributed by atoms with E-state index >= 15 is 0 Å². The number of anilines is 1. The molecule has 0 fully saturated rings. The molecular weight excluding hydrogens is 388 g/mol. The summed E-state index contributed by atoms with van der Waals surface area (Å²) < 4.78 is 5.63. The molecule has 0 radical (unpaired) electrons. The molecule has 29 heavy (non-hydrogen) atoms. The van der Waals surface area contributed by atoms with E-state index in [0.29, 0.717) is 29.8 Å². The fourth-order valence-corrected chi connectivity index (χ4v) is 3.46. The summed E-state index contributed by atoms with van der Waals surface area (Å²) in [5.74, 6) is -0.304. The van der Waals surface area contributed by atoms with Gasteiger partial charge in [-0.05, 0) is 42.8 Å². The minimum atomic E-state index is -0.284. The van der Waals surface area contributed by atoms with Crippen molar-refractivity contribution in [3.63, 3.8) is 0 Å². The quantitative estimate of drug-likeness (QED) is 0.507. The van der Waals surface area contributed by atoms with Gasteiger partial charge in [-0.25, -0.2) is 4.98 Å². The lowest BCUT2D eigenvalue weighted by atomic mass is 10.2. The number of hydrogen-bond acceptors (Lipinski definition) is 6. The minimum Gasteiger partial charge on any atom is -0.451 e. The van der Waals surface area contributed by atoms with E-state index in [9.17, 15) is 9.59 Å². The summed E-state index contributed by atoms with van der Waals surface area (Å²) in [6.07, 6.45) is 3.88. The normalized spacial score (nSPS) is 10.8. The number of nitrogens with one attached hydrogen (secondary N) is 2. The maximum Gasteiger partial charge on any atom is 0.287 e. The van der Waals surface area contributed by atoms with Crippen LogP contribution in [0.5, 0.6) is 0 Å². The Balaban J connectivity index is 1.43. The zero-order valence-corrected chi connectivity index (χ0v) is 16.5. The van der Waals surface area contributed by atoms with Crippen LogP contribution in [0.1, 0.15) is 32.2 Å². The number of furan rings is 1. The molecule has 0 saturated heterocycles. The van der Waals surface area contributed by atoms with Gasteiger partial charge in [-0.2, -0.15) is 0 Å². The number of nitrogens with zero attached hydrogens (tertiary/aromatic N) is 2. The third-order valence-corrected chi connectivity index (χ3v) is 4.92. The van der Waals surface area contributed by atoms with E-state index in [1.54, 1.807) is 42.0 Å². The van der Waals surface area contributed by atoms with Crippen LogP contribution in [0.4, 0.5) is 5.69 Å². The Hall–Kier alpha value is -3.52. The topological polar surface area (TPSA) is 97.1 Å². The van der Waals surface area contributed by atoms with Gasteiger partial charge in [0.15, 0.2) is 5.76 Å². The highest BCUT2D eigenvalue weighted by Gasteiger charge is 2.13. The zero-order chi connectivity index (χ0) is 20.2. The van der Waals surface area contributed by atoms with Crippen LogP contribution >= 0.6 is 11.3 Å². The molecule has 4 aromatic rings. The van der Waals surface area contributed by atoms with E-state index in [1.165, 1.54) is 17.5 Å².